The van der Waals surface area contributed by atoms with E-state index >= 15 is 0 Å². The smallest absolute Gasteiger partial charge is 0.465 e. The Bertz CT molecular complexity index is 1360. The van der Waals surface area contributed by atoms with Crippen LogP contribution in [0.25, 0.3) is 22.4 Å². The molecule has 1 aliphatic rings. The number of amides is 2. The van der Waals surface area contributed by atoms with Gasteiger partial charge in [0.25, 0.3) is 5.91 Å². The van der Waals surface area contributed by atoms with Gasteiger partial charge >= 0.3 is 12.5 Å². The van der Waals surface area contributed by atoms with Gasteiger partial charge in [-0.05, 0) is 69.5 Å². The highest BCUT2D eigenvalue weighted by Gasteiger charge is 2.34. The maximum Gasteiger partial charge on any atom is 0.573 e. The Balaban J connectivity index is 1.86. The zero-order chi connectivity index (χ0) is 27.8. The lowest BCUT2D eigenvalue weighted by Crippen LogP contribution is -2.47. The predicted octanol–water partition coefficient (Wildman–Crippen LogP) is 6.48. The summed E-state index contributed by atoms with van der Waals surface area (Å²) in [4.78, 5) is 26.3. The SMILES string of the molecule is Cc1cccc(-c2c(-c3cccc(OC(F)(F)F)c3)cc3n2[C@@H](CCN(C(=O)O)C(C)(C)C)CNC3=O)c1. The molecule has 38 heavy (non-hydrogen) atoms. The highest BCUT2D eigenvalue weighted by Crippen LogP contribution is 2.41. The van der Waals surface area contributed by atoms with Crippen molar-refractivity contribution in [3.05, 3.63) is 65.9 Å². The molecule has 2 aromatic carbocycles. The molecule has 0 bridgehead atoms. The first-order chi connectivity index (χ1) is 17.7. The Labute approximate surface area is 218 Å². The fourth-order valence-corrected chi connectivity index (χ4v) is 4.87. The second-order valence-electron chi connectivity index (χ2n) is 10.4. The topological polar surface area (TPSA) is 83.8 Å². The summed E-state index contributed by atoms with van der Waals surface area (Å²) in [6, 6.07) is 14.7. The number of carboxylic acid groups (broad SMARTS) is 1. The van der Waals surface area contributed by atoms with Crippen molar-refractivity contribution < 1.29 is 32.6 Å². The summed E-state index contributed by atoms with van der Waals surface area (Å²) in [5.41, 5.74) is 3.20. The van der Waals surface area contributed by atoms with E-state index in [9.17, 15) is 27.9 Å². The van der Waals surface area contributed by atoms with E-state index in [1.165, 1.54) is 23.1 Å². The fraction of sp³-hybridized carbons (Fsp3) is 0.357. The molecule has 0 saturated heterocycles. The van der Waals surface area contributed by atoms with Gasteiger partial charge in [-0.3, -0.25) is 4.79 Å². The van der Waals surface area contributed by atoms with Gasteiger partial charge in [0.05, 0.1) is 11.7 Å². The molecule has 1 aromatic heterocycles. The van der Waals surface area contributed by atoms with Crippen molar-refractivity contribution >= 4 is 12.0 Å². The molecule has 1 atom stereocenters. The summed E-state index contributed by atoms with van der Waals surface area (Å²) in [7, 11) is 0. The Kier molecular flexibility index (Phi) is 7.18. The second kappa shape index (κ2) is 10.1. The van der Waals surface area contributed by atoms with Crippen molar-refractivity contribution in [1.82, 2.24) is 14.8 Å². The zero-order valence-corrected chi connectivity index (χ0v) is 21.6. The number of hydrogen-bond donors (Lipinski definition) is 2. The molecule has 1 aliphatic heterocycles. The normalized spacial score (nSPS) is 15.6. The van der Waals surface area contributed by atoms with Crippen LogP contribution in [0.3, 0.4) is 0 Å². The maximum absolute atomic E-state index is 13.0. The third-order valence-electron chi connectivity index (χ3n) is 6.53. The van der Waals surface area contributed by atoms with E-state index in [-0.39, 0.29) is 30.8 Å². The van der Waals surface area contributed by atoms with Crippen LogP contribution in [0.15, 0.2) is 54.6 Å². The summed E-state index contributed by atoms with van der Waals surface area (Å²) >= 11 is 0. The molecule has 2 amide bonds. The van der Waals surface area contributed by atoms with Gasteiger partial charge in [-0.2, -0.15) is 0 Å². The Hall–Kier alpha value is -3.95. The number of aromatic nitrogens is 1. The minimum absolute atomic E-state index is 0.231. The van der Waals surface area contributed by atoms with Crippen molar-refractivity contribution in [1.29, 1.82) is 0 Å². The molecule has 10 heteroatoms. The summed E-state index contributed by atoms with van der Waals surface area (Å²) in [5.74, 6) is -0.673. The second-order valence-corrected chi connectivity index (χ2v) is 10.4. The van der Waals surface area contributed by atoms with Gasteiger partial charge in [0, 0.05) is 24.2 Å². The molecule has 0 aliphatic carbocycles. The van der Waals surface area contributed by atoms with Crippen LogP contribution in [0.1, 0.15) is 49.3 Å². The van der Waals surface area contributed by atoms with E-state index in [4.69, 9.17) is 0 Å². The summed E-state index contributed by atoms with van der Waals surface area (Å²) in [6.07, 6.45) is -5.46. The molecule has 2 N–H and O–H groups in total. The van der Waals surface area contributed by atoms with Crippen molar-refractivity contribution in [2.24, 2.45) is 0 Å². The molecule has 202 valence electrons. The van der Waals surface area contributed by atoms with E-state index in [1.54, 1.807) is 12.1 Å². The summed E-state index contributed by atoms with van der Waals surface area (Å²) in [6.45, 7) is 7.90. The number of halogens is 3. The predicted molar refractivity (Wildman–Crippen MR) is 137 cm³/mol. The quantitative estimate of drug-likeness (QED) is 0.383. The van der Waals surface area contributed by atoms with E-state index in [1.807, 2.05) is 56.5 Å². The van der Waals surface area contributed by atoms with Crippen molar-refractivity contribution in [3.63, 3.8) is 0 Å². The number of rotatable bonds is 6. The molecule has 0 saturated carbocycles. The first kappa shape index (κ1) is 27.1. The zero-order valence-electron chi connectivity index (χ0n) is 21.6. The van der Waals surface area contributed by atoms with Crippen molar-refractivity contribution in [3.8, 4) is 28.1 Å². The number of hydrogen-bond acceptors (Lipinski definition) is 3. The van der Waals surface area contributed by atoms with Crippen molar-refractivity contribution in [2.45, 2.75) is 52.1 Å². The number of aryl methyl sites for hydroxylation is 1. The molecular formula is C28H30F3N3O4. The summed E-state index contributed by atoms with van der Waals surface area (Å²) in [5, 5.41) is 12.6. The maximum atomic E-state index is 13.0. The fourth-order valence-electron chi connectivity index (χ4n) is 4.87. The molecule has 3 aromatic rings. The monoisotopic (exact) mass is 529 g/mol. The Morgan fingerprint density at radius 2 is 1.79 bits per heavy atom. The van der Waals surface area contributed by atoms with Crippen LogP contribution in [-0.2, 0) is 0 Å². The molecule has 0 unspecified atom stereocenters. The van der Waals surface area contributed by atoms with E-state index in [2.05, 4.69) is 10.1 Å². The third-order valence-corrected chi connectivity index (χ3v) is 6.53. The molecule has 0 spiro atoms. The van der Waals surface area contributed by atoms with E-state index in [0.717, 1.165) is 11.1 Å². The lowest BCUT2D eigenvalue weighted by molar-refractivity contribution is -0.274. The van der Waals surface area contributed by atoms with Crippen LogP contribution < -0.4 is 10.1 Å². The Morgan fingerprint density at radius 3 is 2.42 bits per heavy atom. The Morgan fingerprint density at radius 1 is 1.11 bits per heavy atom. The van der Waals surface area contributed by atoms with E-state index < -0.39 is 18.0 Å². The van der Waals surface area contributed by atoms with Gasteiger partial charge in [-0.1, -0.05) is 35.9 Å². The van der Waals surface area contributed by atoms with Crippen molar-refractivity contribution in [2.75, 3.05) is 13.1 Å². The lowest BCUT2D eigenvalue weighted by atomic mass is 9.99. The number of ether oxygens (including phenoxy) is 1. The minimum Gasteiger partial charge on any atom is -0.465 e. The number of carbonyl (C=O) groups is 2. The average molecular weight is 530 g/mol. The number of alkyl halides is 3. The van der Waals surface area contributed by atoms with Crippen LogP contribution in [0.5, 0.6) is 5.75 Å². The number of nitrogens with zero attached hydrogens (tertiary/aromatic N) is 2. The highest BCUT2D eigenvalue weighted by atomic mass is 19.4. The van der Waals surface area contributed by atoms with Gasteiger partial charge in [0.2, 0.25) is 0 Å². The molecule has 7 nitrogen and oxygen atoms in total. The van der Waals surface area contributed by atoms with Crippen LogP contribution >= 0.6 is 0 Å². The molecule has 4 rings (SSSR count). The van der Waals surface area contributed by atoms with Gasteiger partial charge in [0.15, 0.2) is 0 Å². The standard InChI is InChI=1S/C28H30F3N3O4/c1-17-7-5-9-19(13-17)24-22(18-8-6-10-21(14-18)38-28(29,30)31)15-23-25(35)32-16-20(34(23)24)11-12-33(26(36)37)27(2,3)4/h5-10,13-15,20H,11-12,16H2,1-4H3,(H,32,35)(H,36,37)/t20-/m0/s1. The number of benzene rings is 2. The molecule has 0 radical (unpaired) electrons. The highest BCUT2D eigenvalue weighted by molar-refractivity contribution is 5.98. The van der Waals surface area contributed by atoms with Gasteiger partial charge in [-0.15, -0.1) is 13.2 Å². The average Bonchev–Trinajstić information content (AvgIpc) is 3.20. The first-order valence-corrected chi connectivity index (χ1v) is 12.2. The van der Waals surface area contributed by atoms with Crippen LogP contribution in [0.4, 0.5) is 18.0 Å². The lowest BCUT2D eigenvalue weighted by Gasteiger charge is -2.36. The van der Waals surface area contributed by atoms with Gasteiger partial charge in [-0.25, -0.2) is 4.79 Å². The number of carbonyl (C=O) groups excluding carboxylic acids is 1. The first-order valence-electron chi connectivity index (χ1n) is 12.2. The minimum atomic E-state index is -4.84. The molecular weight excluding hydrogens is 499 g/mol. The number of fused-ring (bicyclic) bond motifs is 1. The molecule has 0 fully saturated rings. The number of nitrogens with one attached hydrogen (secondary N) is 1. The molecule has 2 heterocycles. The van der Waals surface area contributed by atoms with Gasteiger partial charge in [0.1, 0.15) is 11.4 Å². The van der Waals surface area contributed by atoms with Crippen LogP contribution in [-0.4, -0.2) is 51.6 Å². The summed E-state index contributed by atoms with van der Waals surface area (Å²) < 4.78 is 44.8. The van der Waals surface area contributed by atoms with Crippen LogP contribution in [0, 0.1) is 6.92 Å². The van der Waals surface area contributed by atoms with Crippen LogP contribution in [0.2, 0.25) is 0 Å². The van der Waals surface area contributed by atoms with E-state index in [0.29, 0.717) is 28.9 Å². The third kappa shape index (κ3) is 5.79. The largest absolute Gasteiger partial charge is 0.573 e. The van der Waals surface area contributed by atoms with Gasteiger partial charge < -0.3 is 24.6 Å².